The van der Waals surface area contributed by atoms with Gasteiger partial charge in [-0.3, -0.25) is 10.1 Å². The van der Waals surface area contributed by atoms with Crippen molar-refractivity contribution in [2.45, 2.75) is 19.9 Å². The number of nitrogens with one attached hydrogen (secondary N) is 2. The zero-order valence-corrected chi connectivity index (χ0v) is 10.3. The standard InChI is InChI=1S/C11H13N3O5/c1-6(2)12-11(17)13-9-4-3-7(14(18)19)5-8(9)10(15)16/h3-6H,1-2H3,(H,15,16)(H2,12,13,17). The van der Waals surface area contributed by atoms with E-state index in [1.165, 1.54) is 6.07 Å². The maximum atomic E-state index is 11.5. The van der Waals surface area contributed by atoms with Crippen LogP contribution in [0.25, 0.3) is 0 Å². The van der Waals surface area contributed by atoms with Crippen LogP contribution in [0, 0.1) is 10.1 Å². The summed E-state index contributed by atoms with van der Waals surface area (Å²) in [4.78, 5) is 32.3. The molecule has 0 aromatic heterocycles. The molecule has 102 valence electrons. The van der Waals surface area contributed by atoms with Crippen LogP contribution in [0.2, 0.25) is 0 Å². The first kappa shape index (κ1) is 14.4. The monoisotopic (exact) mass is 267 g/mol. The molecule has 0 radical (unpaired) electrons. The van der Waals surface area contributed by atoms with Crippen molar-refractivity contribution in [3.63, 3.8) is 0 Å². The number of nitro groups is 1. The lowest BCUT2D eigenvalue weighted by Crippen LogP contribution is -2.34. The van der Waals surface area contributed by atoms with Gasteiger partial charge in [-0.05, 0) is 19.9 Å². The molecule has 0 unspecified atom stereocenters. The Hall–Kier alpha value is -2.64. The molecule has 0 atom stereocenters. The van der Waals surface area contributed by atoms with Crippen molar-refractivity contribution in [2.24, 2.45) is 0 Å². The Bertz CT molecular complexity index is 527. The molecular weight excluding hydrogens is 254 g/mol. The van der Waals surface area contributed by atoms with Crippen LogP contribution in [0.1, 0.15) is 24.2 Å². The number of hydrogen-bond acceptors (Lipinski definition) is 4. The Balaban J connectivity index is 3.04. The van der Waals surface area contributed by atoms with E-state index in [1.807, 2.05) is 0 Å². The maximum Gasteiger partial charge on any atom is 0.338 e. The van der Waals surface area contributed by atoms with Crippen LogP contribution < -0.4 is 10.6 Å². The fourth-order valence-corrected chi connectivity index (χ4v) is 1.35. The van der Waals surface area contributed by atoms with Crippen LogP contribution in [-0.2, 0) is 0 Å². The van der Waals surface area contributed by atoms with Gasteiger partial charge in [0.05, 0.1) is 16.2 Å². The lowest BCUT2D eigenvalue weighted by atomic mass is 10.1. The number of hydrogen-bond donors (Lipinski definition) is 3. The molecule has 0 bridgehead atoms. The van der Waals surface area contributed by atoms with Crippen molar-refractivity contribution in [1.82, 2.24) is 5.32 Å². The van der Waals surface area contributed by atoms with Crippen molar-refractivity contribution in [3.8, 4) is 0 Å². The number of nitro benzene ring substituents is 1. The minimum Gasteiger partial charge on any atom is -0.478 e. The molecule has 1 aromatic carbocycles. The highest BCUT2D eigenvalue weighted by Crippen LogP contribution is 2.22. The molecule has 0 spiro atoms. The van der Waals surface area contributed by atoms with Crippen molar-refractivity contribution >= 4 is 23.4 Å². The molecule has 0 saturated heterocycles. The van der Waals surface area contributed by atoms with Crippen molar-refractivity contribution in [2.75, 3.05) is 5.32 Å². The van der Waals surface area contributed by atoms with Crippen LogP contribution >= 0.6 is 0 Å². The number of aromatic carboxylic acids is 1. The first-order valence-electron chi connectivity index (χ1n) is 5.40. The summed E-state index contributed by atoms with van der Waals surface area (Å²) in [7, 11) is 0. The van der Waals surface area contributed by atoms with Gasteiger partial charge in [-0.25, -0.2) is 9.59 Å². The summed E-state index contributed by atoms with van der Waals surface area (Å²) in [6, 6.07) is 2.50. The van der Waals surface area contributed by atoms with Crippen LogP contribution in [0.3, 0.4) is 0 Å². The number of non-ortho nitro benzene ring substituents is 1. The summed E-state index contributed by atoms with van der Waals surface area (Å²) in [5.74, 6) is -1.36. The van der Waals surface area contributed by atoms with Crippen LogP contribution in [0.15, 0.2) is 18.2 Å². The fourth-order valence-electron chi connectivity index (χ4n) is 1.35. The van der Waals surface area contributed by atoms with Gasteiger partial charge in [-0.2, -0.15) is 0 Å². The van der Waals surface area contributed by atoms with E-state index in [-0.39, 0.29) is 23.0 Å². The van der Waals surface area contributed by atoms with Gasteiger partial charge in [-0.1, -0.05) is 0 Å². The van der Waals surface area contributed by atoms with Gasteiger partial charge in [0.2, 0.25) is 0 Å². The minimum absolute atomic E-state index is 0.00347. The Morgan fingerprint density at radius 2 is 2.00 bits per heavy atom. The molecule has 2 amide bonds. The second-order valence-corrected chi connectivity index (χ2v) is 4.05. The number of urea groups is 1. The van der Waals surface area contributed by atoms with E-state index in [4.69, 9.17) is 5.11 Å². The molecule has 0 aliphatic rings. The van der Waals surface area contributed by atoms with E-state index < -0.39 is 16.9 Å². The fraction of sp³-hybridized carbons (Fsp3) is 0.273. The molecule has 1 rings (SSSR count). The smallest absolute Gasteiger partial charge is 0.338 e. The third-order valence-electron chi connectivity index (χ3n) is 2.11. The van der Waals surface area contributed by atoms with Crippen molar-refractivity contribution in [3.05, 3.63) is 33.9 Å². The van der Waals surface area contributed by atoms with E-state index in [0.29, 0.717) is 0 Å². The van der Waals surface area contributed by atoms with Gasteiger partial charge in [0.1, 0.15) is 0 Å². The summed E-state index contributed by atoms with van der Waals surface area (Å²) in [5.41, 5.74) is -0.698. The quantitative estimate of drug-likeness (QED) is 0.567. The number of carbonyl (C=O) groups is 2. The zero-order valence-electron chi connectivity index (χ0n) is 10.3. The molecule has 0 aliphatic carbocycles. The molecular formula is C11H13N3O5. The Morgan fingerprint density at radius 3 is 2.47 bits per heavy atom. The highest BCUT2D eigenvalue weighted by atomic mass is 16.6. The molecule has 8 nitrogen and oxygen atoms in total. The van der Waals surface area contributed by atoms with Gasteiger partial charge in [0.15, 0.2) is 0 Å². The summed E-state index contributed by atoms with van der Waals surface area (Å²) in [6.07, 6.45) is 0. The number of carbonyl (C=O) groups excluding carboxylic acids is 1. The molecule has 19 heavy (non-hydrogen) atoms. The number of carboxylic acid groups (broad SMARTS) is 1. The first-order valence-corrected chi connectivity index (χ1v) is 5.40. The molecule has 8 heteroatoms. The molecule has 0 saturated carbocycles. The maximum absolute atomic E-state index is 11.5. The lowest BCUT2D eigenvalue weighted by Gasteiger charge is -2.11. The predicted octanol–water partition coefficient (Wildman–Crippen LogP) is 1.82. The Labute approximate surface area is 108 Å². The van der Waals surface area contributed by atoms with E-state index in [2.05, 4.69) is 10.6 Å². The summed E-state index contributed by atoms with van der Waals surface area (Å²) in [6.45, 7) is 3.49. The highest BCUT2D eigenvalue weighted by Gasteiger charge is 2.17. The zero-order chi connectivity index (χ0) is 14.6. The second kappa shape index (κ2) is 5.80. The normalized spacial score (nSPS) is 10.1. The largest absolute Gasteiger partial charge is 0.478 e. The number of benzene rings is 1. The van der Waals surface area contributed by atoms with E-state index >= 15 is 0 Å². The van der Waals surface area contributed by atoms with Gasteiger partial charge in [0, 0.05) is 18.2 Å². The average Bonchev–Trinajstić information content (AvgIpc) is 2.27. The summed E-state index contributed by atoms with van der Waals surface area (Å²) in [5, 5.41) is 24.4. The van der Waals surface area contributed by atoms with E-state index in [0.717, 1.165) is 12.1 Å². The minimum atomic E-state index is -1.36. The lowest BCUT2D eigenvalue weighted by molar-refractivity contribution is -0.384. The number of nitrogens with zero attached hydrogens (tertiary/aromatic N) is 1. The van der Waals surface area contributed by atoms with Crippen molar-refractivity contribution < 1.29 is 19.6 Å². The SMILES string of the molecule is CC(C)NC(=O)Nc1ccc([N+](=O)[O-])cc1C(=O)O. The average molecular weight is 267 g/mol. The van der Waals surface area contributed by atoms with Gasteiger partial charge < -0.3 is 15.7 Å². The number of carboxylic acids is 1. The third kappa shape index (κ3) is 3.95. The van der Waals surface area contributed by atoms with Crippen LogP contribution in [-0.4, -0.2) is 28.1 Å². The molecule has 1 aromatic rings. The third-order valence-corrected chi connectivity index (χ3v) is 2.11. The summed E-state index contributed by atoms with van der Waals surface area (Å²) >= 11 is 0. The molecule has 0 aliphatic heterocycles. The Morgan fingerprint density at radius 1 is 1.37 bits per heavy atom. The topological polar surface area (TPSA) is 122 Å². The van der Waals surface area contributed by atoms with Crippen LogP contribution in [0.5, 0.6) is 0 Å². The van der Waals surface area contributed by atoms with Gasteiger partial charge in [-0.15, -0.1) is 0 Å². The molecule has 0 heterocycles. The van der Waals surface area contributed by atoms with E-state index in [9.17, 15) is 19.7 Å². The van der Waals surface area contributed by atoms with Gasteiger partial charge in [0.25, 0.3) is 5.69 Å². The highest BCUT2D eigenvalue weighted by molar-refractivity contribution is 6.00. The first-order chi connectivity index (χ1) is 8.81. The summed E-state index contributed by atoms with van der Waals surface area (Å²) < 4.78 is 0. The van der Waals surface area contributed by atoms with Crippen LogP contribution in [0.4, 0.5) is 16.2 Å². The number of anilines is 1. The van der Waals surface area contributed by atoms with Crippen molar-refractivity contribution in [1.29, 1.82) is 0 Å². The molecule has 3 N–H and O–H groups in total. The Kier molecular flexibility index (Phi) is 4.41. The second-order valence-electron chi connectivity index (χ2n) is 4.05. The van der Waals surface area contributed by atoms with E-state index in [1.54, 1.807) is 13.8 Å². The number of amides is 2. The predicted molar refractivity (Wildman–Crippen MR) is 67.3 cm³/mol. The number of rotatable bonds is 4. The molecule has 0 fully saturated rings. The van der Waals surface area contributed by atoms with Gasteiger partial charge >= 0.3 is 12.0 Å².